The third kappa shape index (κ3) is 3.96. The summed E-state index contributed by atoms with van der Waals surface area (Å²) in [6.07, 6.45) is 0.598. The van der Waals surface area contributed by atoms with Crippen molar-refractivity contribution in [3.8, 4) is 11.5 Å². The number of likely N-dealkylation sites (tertiary alicyclic amines) is 1. The fourth-order valence-electron chi connectivity index (χ4n) is 4.33. The maximum absolute atomic E-state index is 13.1. The van der Waals surface area contributed by atoms with E-state index in [4.69, 9.17) is 9.47 Å². The monoisotopic (exact) mass is 441 g/mol. The fraction of sp³-hybridized carbons (Fsp3) is 0.185. The number of ketones is 1. The Morgan fingerprint density at radius 3 is 2.27 bits per heavy atom. The van der Waals surface area contributed by atoms with Crippen LogP contribution in [0.15, 0.2) is 84.4 Å². The number of carbonyl (C=O) groups is 2. The molecule has 1 N–H and O–H groups in total. The molecule has 1 saturated heterocycles. The van der Waals surface area contributed by atoms with E-state index in [1.165, 1.54) is 0 Å². The summed E-state index contributed by atoms with van der Waals surface area (Å²) < 4.78 is 11.2. The minimum Gasteiger partial charge on any atom is -0.507 e. The number of nitrogens with zero attached hydrogens (tertiary/aromatic N) is 1. The lowest BCUT2D eigenvalue weighted by molar-refractivity contribution is -0.139. The first-order valence-electron chi connectivity index (χ1n) is 10.9. The van der Waals surface area contributed by atoms with Gasteiger partial charge in [0.05, 0.1) is 11.6 Å². The van der Waals surface area contributed by atoms with Gasteiger partial charge in [0.2, 0.25) is 0 Å². The number of hydrogen-bond donors (Lipinski definition) is 1. The summed E-state index contributed by atoms with van der Waals surface area (Å²) in [6.45, 7) is 1.22. The van der Waals surface area contributed by atoms with Gasteiger partial charge >= 0.3 is 0 Å². The average molecular weight is 441 g/mol. The summed E-state index contributed by atoms with van der Waals surface area (Å²) in [4.78, 5) is 27.8. The van der Waals surface area contributed by atoms with Crippen LogP contribution in [-0.2, 0) is 16.0 Å². The molecule has 0 spiro atoms. The highest BCUT2D eigenvalue weighted by atomic mass is 16.6. The number of Topliss-reactive ketones (excluding diaryl/α,β-unsaturated/α-hetero) is 1. The normalized spacial score (nSPS) is 19.0. The Bertz CT molecular complexity index is 1220. The summed E-state index contributed by atoms with van der Waals surface area (Å²) >= 11 is 0. The number of fused-ring (bicyclic) bond motifs is 1. The van der Waals surface area contributed by atoms with Crippen molar-refractivity contribution in [3.63, 3.8) is 0 Å². The molecule has 1 fully saturated rings. The van der Waals surface area contributed by atoms with E-state index in [1.54, 1.807) is 23.1 Å². The second-order valence-electron chi connectivity index (χ2n) is 8.00. The van der Waals surface area contributed by atoms with Gasteiger partial charge in [-0.2, -0.15) is 0 Å². The lowest BCUT2D eigenvalue weighted by atomic mass is 9.95. The van der Waals surface area contributed by atoms with Crippen LogP contribution in [0.1, 0.15) is 22.7 Å². The van der Waals surface area contributed by atoms with Gasteiger partial charge in [0, 0.05) is 12.1 Å². The zero-order valence-corrected chi connectivity index (χ0v) is 17.9. The quantitative estimate of drug-likeness (QED) is 0.366. The van der Waals surface area contributed by atoms with Crippen LogP contribution in [0.25, 0.3) is 5.76 Å². The van der Waals surface area contributed by atoms with Crippen LogP contribution >= 0.6 is 0 Å². The maximum Gasteiger partial charge on any atom is 0.295 e. The number of aliphatic hydroxyl groups is 1. The van der Waals surface area contributed by atoms with E-state index in [-0.39, 0.29) is 11.3 Å². The molecular weight excluding hydrogens is 418 g/mol. The molecule has 2 aliphatic heterocycles. The van der Waals surface area contributed by atoms with E-state index in [2.05, 4.69) is 0 Å². The fourth-order valence-corrected chi connectivity index (χ4v) is 4.33. The molecule has 1 unspecified atom stereocenters. The van der Waals surface area contributed by atoms with Crippen molar-refractivity contribution in [2.45, 2.75) is 12.5 Å². The number of ether oxygens (including phenoxy) is 2. The van der Waals surface area contributed by atoms with Crippen molar-refractivity contribution in [1.82, 2.24) is 4.90 Å². The van der Waals surface area contributed by atoms with Crippen molar-refractivity contribution in [2.24, 2.45) is 0 Å². The lowest BCUT2D eigenvalue weighted by Gasteiger charge is -2.25. The van der Waals surface area contributed by atoms with Crippen LogP contribution in [0.2, 0.25) is 0 Å². The number of aliphatic hydroxyl groups excluding tert-OH is 1. The smallest absolute Gasteiger partial charge is 0.295 e. The second-order valence-corrected chi connectivity index (χ2v) is 8.00. The highest BCUT2D eigenvalue weighted by molar-refractivity contribution is 6.46. The third-order valence-electron chi connectivity index (χ3n) is 5.96. The SMILES string of the molecule is O=C1C(=O)N(CCc2ccccc2)C(c2ccccc2)/C1=C(/O)c1ccc2c(c1)OCCO2. The second kappa shape index (κ2) is 8.82. The number of hydrogen-bond acceptors (Lipinski definition) is 5. The molecule has 1 atom stereocenters. The van der Waals surface area contributed by atoms with Gasteiger partial charge in [0.25, 0.3) is 11.7 Å². The highest BCUT2D eigenvalue weighted by Crippen LogP contribution is 2.41. The van der Waals surface area contributed by atoms with E-state index >= 15 is 0 Å². The molecule has 1 amide bonds. The van der Waals surface area contributed by atoms with Gasteiger partial charge in [0.15, 0.2) is 11.5 Å². The minimum atomic E-state index is -0.690. The molecule has 0 aliphatic carbocycles. The van der Waals surface area contributed by atoms with Gasteiger partial charge in [-0.3, -0.25) is 9.59 Å². The molecule has 3 aromatic carbocycles. The summed E-state index contributed by atoms with van der Waals surface area (Å²) in [5.41, 5.74) is 2.32. The number of rotatable bonds is 5. The van der Waals surface area contributed by atoms with Crippen molar-refractivity contribution in [2.75, 3.05) is 19.8 Å². The van der Waals surface area contributed by atoms with Gasteiger partial charge in [-0.05, 0) is 35.7 Å². The molecule has 0 saturated carbocycles. The van der Waals surface area contributed by atoms with Gasteiger partial charge in [-0.25, -0.2) is 0 Å². The predicted molar refractivity (Wildman–Crippen MR) is 123 cm³/mol. The first-order chi connectivity index (χ1) is 16.1. The predicted octanol–water partition coefficient (Wildman–Crippen LogP) is 4.12. The molecule has 0 bridgehead atoms. The largest absolute Gasteiger partial charge is 0.507 e. The van der Waals surface area contributed by atoms with Crippen LogP contribution in [0.4, 0.5) is 0 Å². The van der Waals surface area contributed by atoms with Crippen LogP contribution in [0.3, 0.4) is 0 Å². The number of benzene rings is 3. The van der Waals surface area contributed by atoms with Crippen LogP contribution < -0.4 is 9.47 Å². The summed E-state index contributed by atoms with van der Waals surface area (Å²) in [5, 5.41) is 11.2. The molecule has 2 heterocycles. The van der Waals surface area contributed by atoms with E-state index in [1.807, 2.05) is 60.7 Å². The molecule has 3 aromatic rings. The highest BCUT2D eigenvalue weighted by Gasteiger charge is 2.45. The minimum absolute atomic E-state index is 0.0796. The number of amides is 1. The summed E-state index contributed by atoms with van der Waals surface area (Å²) in [6, 6.07) is 23.5. The molecule has 33 heavy (non-hydrogen) atoms. The molecule has 6 nitrogen and oxygen atoms in total. The average Bonchev–Trinajstić information content (AvgIpc) is 3.12. The zero-order chi connectivity index (χ0) is 22.8. The van der Waals surface area contributed by atoms with Crippen molar-refractivity contribution < 1.29 is 24.2 Å². The van der Waals surface area contributed by atoms with Crippen LogP contribution in [-0.4, -0.2) is 41.5 Å². The van der Waals surface area contributed by atoms with Crippen LogP contribution in [0, 0.1) is 0 Å². The maximum atomic E-state index is 13.1. The Hall–Kier alpha value is -4.06. The molecular formula is C27H23NO5. The van der Waals surface area contributed by atoms with E-state index in [0.29, 0.717) is 43.2 Å². The third-order valence-corrected chi connectivity index (χ3v) is 5.96. The Labute approximate surface area is 191 Å². The molecule has 0 aromatic heterocycles. The zero-order valence-electron chi connectivity index (χ0n) is 17.9. The van der Waals surface area contributed by atoms with Gasteiger partial charge in [-0.1, -0.05) is 60.7 Å². The van der Waals surface area contributed by atoms with Crippen molar-refractivity contribution >= 4 is 17.4 Å². The Morgan fingerprint density at radius 1 is 0.879 bits per heavy atom. The standard InChI is InChI=1S/C27H23NO5/c29-25(20-11-12-21-22(17-20)33-16-15-32-21)23-24(19-9-5-2-6-10-19)28(27(31)26(23)30)14-13-18-7-3-1-4-8-18/h1-12,17,24,29H,13-16H2/b25-23-. The Kier molecular flexibility index (Phi) is 5.57. The first-order valence-corrected chi connectivity index (χ1v) is 10.9. The van der Waals surface area contributed by atoms with Gasteiger partial charge < -0.3 is 19.5 Å². The topological polar surface area (TPSA) is 76.1 Å². The van der Waals surface area contributed by atoms with Crippen LogP contribution in [0.5, 0.6) is 11.5 Å². The summed E-state index contributed by atoms with van der Waals surface area (Å²) in [5.74, 6) is -0.440. The molecule has 166 valence electrons. The van der Waals surface area contributed by atoms with E-state index in [9.17, 15) is 14.7 Å². The van der Waals surface area contributed by atoms with Crippen molar-refractivity contribution in [1.29, 1.82) is 0 Å². The Balaban J connectivity index is 1.56. The number of carbonyl (C=O) groups excluding carboxylic acids is 2. The molecule has 0 radical (unpaired) electrons. The van der Waals surface area contributed by atoms with Gasteiger partial charge in [0.1, 0.15) is 19.0 Å². The van der Waals surface area contributed by atoms with E-state index in [0.717, 1.165) is 11.1 Å². The Morgan fingerprint density at radius 2 is 1.55 bits per heavy atom. The first kappa shape index (κ1) is 20.8. The molecule has 5 rings (SSSR count). The molecule has 6 heteroatoms. The van der Waals surface area contributed by atoms with Gasteiger partial charge in [-0.15, -0.1) is 0 Å². The van der Waals surface area contributed by atoms with Crippen molar-refractivity contribution in [3.05, 3.63) is 101 Å². The van der Waals surface area contributed by atoms with E-state index < -0.39 is 17.7 Å². The summed E-state index contributed by atoms with van der Waals surface area (Å²) in [7, 11) is 0. The lowest BCUT2D eigenvalue weighted by Crippen LogP contribution is -2.31. The molecule has 2 aliphatic rings.